The van der Waals surface area contributed by atoms with E-state index in [0.717, 1.165) is 0 Å². The Morgan fingerprint density at radius 2 is 2.25 bits per heavy atom. The van der Waals surface area contributed by atoms with E-state index in [9.17, 15) is 9.59 Å². The third kappa shape index (κ3) is 3.77. The fourth-order valence-corrected chi connectivity index (χ4v) is 0.662. The van der Waals surface area contributed by atoms with Gasteiger partial charge in [-0.1, -0.05) is 0 Å². The normalized spacial score (nSPS) is 11.8. The monoisotopic (exact) mass is 176 g/mol. The topological polar surface area (TPSA) is 102 Å². The summed E-state index contributed by atoms with van der Waals surface area (Å²) < 4.78 is 4.41. The summed E-state index contributed by atoms with van der Waals surface area (Å²) in [5.74, 6) is -0.483. The quantitative estimate of drug-likeness (QED) is 0.489. The first-order valence-corrected chi connectivity index (χ1v) is 3.40. The Hall–Kier alpha value is -1.30. The zero-order valence-electron chi connectivity index (χ0n) is 6.74. The van der Waals surface area contributed by atoms with E-state index in [1.807, 2.05) is 0 Å². The van der Waals surface area contributed by atoms with E-state index in [1.54, 1.807) is 0 Å². The number of primary amides is 1. The van der Waals surface area contributed by atoms with Crippen LogP contribution in [0.2, 0.25) is 0 Å². The Bertz CT molecular complexity index is 171. The summed E-state index contributed by atoms with van der Waals surface area (Å²) in [7, 11) is 1.40. The molecule has 0 spiro atoms. The van der Waals surface area contributed by atoms with Gasteiger partial charge in [0.15, 0.2) is 6.10 Å². The van der Waals surface area contributed by atoms with Gasteiger partial charge in [0.25, 0.3) is 5.91 Å². The van der Waals surface area contributed by atoms with Crippen LogP contribution in [0.25, 0.3) is 0 Å². The molecule has 0 aliphatic carbocycles. The van der Waals surface area contributed by atoms with E-state index in [0.29, 0.717) is 0 Å². The summed E-state index contributed by atoms with van der Waals surface area (Å²) in [5, 5.41) is 10.8. The van der Waals surface area contributed by atoms with Gasteiger partial charge in [0.1, 0.15) is 0 Å². The van der Waals surface area contributed by atoms with E-state index in [4.69, 9.17) is 10.8 Å². The summed E-state index contributed by atoms with van der Waals surface area (Å²) in [6.07, 6.45) is -1.99. The Labute approximate surface area is 69.7 Å². The zero-order valence-corrected chi connectivity index (χ0v) is 6.74. The number of aliphatic hydroxyl groups excluding tert-OH is 1. The van der Waals surface area contributed by atoms with Crippen LogP contribution >= 0.6 is 0 Å². The van der Waals surface area contributed by atoms with Crippen molar-refractivity contribution in [3.8, 4) is 0 Å². The van der Waals surface area contributed by atoms with Crippen LogP contribution in [-0.2, 0) is 9.53 Å². The minimum Gasteiger partial charge on any atom is -0.436 e. The number of rotatable bonds is 4. The van der Waals surface area contributed by atoms with Crippen LogP contribution in [0.15, 0.2) is 0 Å². The van der Waals surface area contributed by atoms with Crippen LogP contribution in [0, 0.1) is 0 Å². The van der Waals surface area contributed by atoms with Crippen molar-refractivity contribution in [2.75, 3.05) is 13.7 Å². The van der Waals surface area contributed by atoms with Gasteiger partial charge in [0.2, 0.25) is 0 Å². The molecule has 0 aliphatic heterocycles. The molecule has 0 saturated heterocycles. The lowest BCUT2D eigenvalue weighted by molar-refractivity contribution is -0.129. The number of ether oxygens (including phenoxy) is 1. The van der Waals surface area contributed by atoms with E-state index in [1.165, 1.54) is 7.05 Å². The van der Waals surface area contributed by atoms with Crippen LogP contribution in [-0.4, -0.2) is 36.9 Å². The van der Waals surface area contributed by atoms with Gasteiger partial charge >= 0.3 is 6.09 Å². The van der Waals surface area contributed by atoms with Crippen molar-refractivity contribution in [2.45, 2.75) is 12.5 Å². The summed E-state index contributed by atoms with van der Waals surface area (Å²) in [4.78, 5) is 21.1. The lowest BCUT2D eigenvalue weighted by Crippen LogP contribution is -2.37. The third-order valence-electron chi connectivity index (χ3n) is 1.19. The first-order valence-electron chi connectivity index (χ1n) is 3.40. The number of amides is 2. The standard InChI is InChI=1S/C6H12N2O4/c1-8-5(10)4(2-3-9)12-6(7)11/h4,9H,2-3H2,1H3,(H2,7,11)(H,8,10)/t4-/m0/s1. The number of nitrogens with two attached hydrogens (primary N) is 1. The van der Waals surface area contributed by atoms with Gasteiger partial charge < -0.3 is 20.9 Å². The van der Waals surface area contributed by atoms with E-state index in [2.05, 4.69) is 10.1 Å². The molecule has 6 heteroatoms. The van der Waals surface area contributed by atoms with Gasteiger partial charge in [-0.15, -0.1) is 0 Å². The highest BCUT2D eigenvalue weighted by Gasteiger charge is 2.19. The number of hydrogen-bond acceptors (Lipinski definition) is 4. The molecule has 0 rings (SSSR count). The fourth-order valence-electron chi connectivity index (χ4n) is 0.662. The van der Waals surface area contributed by atoms with Crippen molar-refractivity contribution in [1.29, 1.82) is 0 Å². The molecule has 0 saturated carbocycles. The molecule has 0 radical (unpaired) electrons. The highest BCUT2D eigenvalue weighted by atomic mass is 16.6. The Kier molecular flexibility index (Phi) is 4.78. The van der Waals surface area contributed by atoms with Crippen LogP contribution in [0.5, 0.6) is 0 Å². The summed E-state index contributed by atoms with van der Waals surface area (Å²) >= 11 is 0. The first-order chi connectivity index (χ1) is 5.61. The zero-order chi connectivity index (χ0) is 9.56. The minimum absolute atomic E-state index is 0.0443. The molecule has 2 amide bonds. The molecule has 0 unspecified atom stereocenters. The average molecular weight is 176 g/mol. The molecule has 12 heavy (non-hydrogen) atoms. The number of aliphatic hydroxyl groups is 1. The van der Waals surface area contributed by atoms with Crippen molar-refractivity contribution in [3.63, 3.8) is 0 Å². The first kappa shape index (κ1) is 10.7. The summed E-state index contributed by atoms with van der Waals surface area (Å²) in [5.41, 5.74) is 4.69. The van der Waals surface area contributed by atoms with E-state index in [-0.39, 0.29) is 13.0 Å². The average Bonchev–Trinajstić information content (AvgIpc) is 2.01. The molecular weight excluding hydrogens is 164 g/mol. The van der Waals surface area contributed by atoms with Crippen molar-refractivity contribution in [2.24, 2.45) is 5.73 Å². The molecule has 0 heterocycles. The number of carbonyl (C=O) groups is 2. The minimum atomic E-state index is -1.03. The van der Waals surface area contributed by atoms with Gasteiger partial charge in [-0.05, 0) is 0 Å². The second-order valence-electron chi connectivity index (χ2n) is 2.05. The van der Waals surface area contributed by atoms with Gasteiger partial charge in [0, 0.05) is 20.1 Å². The molecular formula is C6H12N2O4. The molecule has 0 aromatic heterocycles. The van der Waals surface area contributed by atoms with Crippen LogP contribution < -0.4 is 11.1 Å². The van der Waals surface area contributed by atoms with Crippen molar-refractivity contribution < 1.29 is 19.4 Å². The predicted octanol–water partition coefficient (Wildman–Crippen LogP) is -1.42. The SMILES string of the molecule is CNC(=O)[C@H](CCO)OC(N)=O. The highest BCUT2D eigenvalue weighted by Crippen LogP contribution is 1.97. The molecule has 0 aliphatic rings. The lowest BCUT2D eigenvalue weighted by Gasteiger charge is -2.12. The molecule has 0 bridgehead atoms. The van der Waals surface area contributed by atoms with E-state index < -0.39 is 18.1 Å². The Balaban J connectivity index is 4.02. The lowest BCUT2D eigenvalue weighted by atomic mass is 10.2. The van der Waals surface area contributed by atoms with Crippen LogP contribution in [0.4, 0.5) is 4.79 Å². The number of hydrogen-bond donors (Lipinski definition) is 3. The molecule has 70 valence electrons. The van der Waals surface area contributed by atoms with Crippen LogP contribution in [0.1, 0.15) is 6.42 Å². The second kappa shape index (κ2) is 5.36. The third-order valence-corrected chi connectivity index (χ3v) is 1.19. The summed E-state index contributed by atoms with van der Waals surface area (Å²) in [6, 6.07) is 0. The Morgan fingerprint density at radius 3 is 2.58 bits per heavy atom. The number of carbonyl (C=O) groups excluding carboxylic acids is 2. The summed E-state index contributed by atoms with van der Waals surface area (Å²) in [6.45, 7) is -0.245. The molecule has 6 nitrogen and oxygen atoms in total. The highest BCUT2D eigenvalue weighted by molar-refractivity contribution is 5.82. The van der Waals surface area contributed by atoms with Crippen LogP contribution in [0.3, 0.4) is 0 Å². The van der Waals surface area contributed by atoms with Crippen molar-refractivity contribution in [1.82, 2.24) is 5.32 Å². The van der Waals surface area contributed by atoms with Gasteiger partial charge in [-0.3, -0.25) is 4.79 Å². The molecule has 0 fully saturated rings. The molecule has 0 aromatic rings. The predicted molar refractivity (Wildman–Crippen MR) is 40.2 cm³/mol. The number of nitrogens with one attached hydrogen (secondary N) is 1. The van der Waals surface area contributed by atoms with E-state index >= 15 is 0 Å². The molecule has 1 atom stereocenters. The van der Waals surface area contributed by atoms with Crippen molar-refractivity contribution >= 4 is 12.0 Å². The van der Waals surface area contributed by atoms with Gasteiger partial charge in [0.05, 0.1) is 0 Å². The maximum atomic E-state index is 10.9. The Morgan fingerprint density at radius 1 is 1.67 bits per heavy atom. The number of likely N-dealkylation sites (N-methyl/N-ethyl adjacent to an activating group) is 1. The maximum Gasteiger partial charge on any atom is 0.405 e. The smallest absolute Gasteiger partial charge is 0.405 e. The van der Waals surface area contributed by atoms with Gasteiger partial charge in [-0.2, -0.15) is 0 Å². The second-order valence-corrected chi connectivity index (χ2v) is 2.05. The molecule has 4 N–H and O–H groups in total. The van der Waals surface area contributed by atoms with Gasteiger partial charge in [-0.25, -0.2) is 4.79 Å². The molecule has 0 aromatic carbocycles. The van der Waals surface area contributed by atoms with Crippen molar-refractivity contribution in [3.05, 3.63) is 0 Å². The largest absolute Gasteiger partial charge is 0.436 e. The fraction of sp³-hybridized carbons (Fsp3) is 0.667. The maximum absolute atomic E-state index is 10.9.